The SMILES string of the molecule is CC(C)Cc1nc2cccnc2n1-c1ccc(F)cc1. The van der Waals surface area contributed by atoms with Crippen molar-refractivity contribution in [3.05, 3.63) is 54.2 Å². The second-order valence-electron chi connectivity index (χ2n) is 5.28. The first-order valence-corrected chi connectivity index (χ1v) is 6.73. The molecule has 0 radical (unpaired) electrons. The first kappa shape index (κ1) is 12.8. The number of aromatic nitrogens is 3. The summed E-state index contributed by atoms with van der Waals surface area (Å²) < 4.78 is 15.1. The molecule has 2 aromatic heterocycles. The molecule has 0 bridgehead atoms. The molecule has 102 valence electrons. The molecule has 1 aromatic carbocycles. The largest absolute Gasteiger partial charge is 0.281 e. The minimum absolute atomic E-state index is 0.239. The van der Waals surface area contributed by atoms with Crippen LogP contribution in [0.3, 0.4) is 0 Å². The lowest BCUT2D eigenvalue weighted by Crippen LogP contribution is -2.05. The molecule has 0 spiro atoms. The predicted octanol–water partition coefficient (Wildman–Crippen LogP) is 3.76. The minimum Gasteiger partial charge on any atom is -0.281 e. The van der Waals surface area contributed by atoms with Gasteiger partial charge in [-0.2, -0.15) is 0 Å². The van der Waals surface area contributed by atoms with Gasteiger partial charge in [-0.1, -0.05) is 13.8 Å². The van der Waals surface area contributed by atoms with E-state index in [4.69, 9.17) is 0 Å². The van der Waals surface area contributed by atoms with Crippen molar-refractivity contribution in [2.75, 3.05) is 0 Å². The van der Waals surface area contributed by atoms with E-state index in [1.165, 1.54) is 12.1 Å². The molecule has 0 saturated heterocycles. The van der Waals surface area contributed by atoms with E-state index in [1.807, 2.05) is 16.7 Å². The highest BCUT2D eigenvalue weighted by Crippen LogP contribution is 2.21. The Morgan fingerprint density at radius 2 is 1.90 bits per heavy atom. The Morgan fingerprint density at radius 1 is 1.15 bits per heavy atom. The van der Waals surface area contributed by atoms with E-state index >= 15 is 0 Å². The number of imidazole rings is 1. The van der Waals surface area contributed by atoms with Gasteiger partial charge in [0, 0.05) is 18.3 Å². The van der Waals surface area contributed by atoms with Crippen LogP contribution >= 0.6 is 0 Å². The van der Waals surface area contributed by atoms with Crippen LogP contribution in [0, 0.1) is 11.7 Å². The second kappa shape index (κ2) is 5.04. The smallest absolute Gasteiger partial charge is 0.164 e. The van der Waals surface area contributed by atoms with Crippen molar-refractivity contribution in [2.24, 2.45) is 5.92 Å². The summed E-state index contributed by atoms with van der Waals surface area (Å²) in [5.74, 6) is 1.21. The Hall–Kier alpha value is -2.23. The van der Waals surface area contributed by atoms with Gasteiger partial charge in [-0.3, -0.25) is 4.57 Å². The molecule has 0 atom stereocenters. The summed E-state index contributed by atoms with van der Waals surface area (Å²) in [5, 5.41) is 0. The molecule has 0 fully saturated rings. The van der Waals surface area contributed by atoms with Crippen molar-refractivity contribution in [3.63, 3.8) is 0 Å². The molecule has 0 aliphatic heterocycles. The summed E-state index contributed by atoms with van der Waals surface area (Å²) in [7, 11) is 0. The van der Waals surface area contributed by atoms with Gasteiger partial charge in [0.25, 0.3) is 0 Å². The van der Waals surface area contributed by atoms with Gasteiger partial charge in [-0.15, -0.1) is 0 Å². The Balaban J connectivity index is 2.22. The number of fused-ring (bicyclic) bond motifs is 1. The molecule has 0 aliphatic carbocycles. The van der Waals surface area contributed by atoms with Crippen molar-refractivity contribution in [2.45, 2.75) is 20.3 Å². The molecule has 0 unspecified atom stereocenters. The summed E-state index contributed by atoms with van der Waals surface area (Å²) in [5.41, 5.74) is 2.57. The van der Waals surface area contributed by atoms with Gasteiger partial charge in [0.1, 0.15) is 17.2 Å². The third-order valence-corrected chi connectivity index (χ3v) is 3.16. The van der Waals surface area contributed by atoms with E-state index < -0.39 is 0 Å². The number of benzene rings is 1. The van der Waals surface area contributed by atoms with Gasteiger partial charge in [-0.25, -0.2) is 14.4 Å². The van der Waals surface area contributed by atoms with Crippen LogP contribution in [-0.4, -0.2) is 14.5 Å². The van der Waals surface area contributed by atoms with Crippen LogP contribution in [0.15, 0.2) is 42.6 Å². The standard InChI is InChI=1S/C16H16FN3/c1-11(2)10-15-19-14-4-3-9-18-16(14)20(15)13-7-5-12(17)6-8-13/h3-9,11H,10H2,1-2H3. The molecule has 4 heteroatoms. The molecule has 20 heavy (non-hydrogen) atoms. The highest BCUT2D eigenvalue weighted by molar-refractivity contribution is 5.73. The van der Waals surface area contributed by atoms with Crippen LogP contribution in [0.2, 0.25) is 0 Å². The third kappa shape index (κ3) is 2.29. The van der Waals surface area contributed by atoms with Crippen LogP contribution in [0.4, 0.5) is 4.39 Å². The average molecular weight is 269 g/mol. The van der Waals surface area contributed by atoms with Gasteiger partial charge < -0.3 is 0 Å². The van der Waals surface area contributed by atoms with E-state index in [2.05, 4.69) is 23.8 Å². The van der Waals surface area contributed by atoms with E-state index in [1.54, 1.807) is 18.3 Å². The van der Waals surface area contributed by atoms with E-state index in [0.29, 0.717) is 5.92 Å². The number of hydrogen-bond acceptors (Lipinski definition) is 2. The highest BCUT2D eigenvalue weighted by Gasteiger charge is 2.14. The number of hydrogen-bond donors (Lipinski definition) is 0. The maximum atomic E-state index is 13.1. The lowest BCUT2D eigenvalue weighted by atomic mass is 10.1. The summed E-state index contributed by atoms with van der Waals surface area (Å²) in [6.07, 6.45) is 2.61. The van der Waals surface area contributed by atoms with Crippen molar-refractivity contribution in [1.82, 2.24) is 14.5 Å². The zero-order valence-corrected chi connectivity index (χ0v) is 11.5. The first-order valence-electron chi connectivity index (χ1n) is 6.73. The molecule has 0 amide bonds. The lowest BCUT2D eigenvalue weighted by molar-refractivity contribution is 0.614. The van der Waals surface area contributed by atoms with Gasteiger partial charge in [0.15, 0.2) is 5.65 Å². The summed E-state index contributed by atoms with van der Waals surface area (Å²) in [6.45, 7) is 4.31. The molecule has 3 rings (SSSR count). The highest BCUT2D eigenvalue weighted by atomic mass is 19.1. The normalized spacial score (nSPS) is 11.4. The molecule has 3 aromatic rings. The average Bonchev–Trinajstić information content (AvgIpc) is 2.77. The van der Waals surface area contributed by atoms with Crippen molar-refractivity contribution < 1.29 is 4.39 Å². The molecular weight excluding hydrogens is 253 g/mol. The zero-order valence-electron chi connectivity index (χ0n) is 11.5. The summed E-state index contributed by atoms with van der Waals surface area (Å²) in [6, 6.07) is 10.3. The predicted molar refractivity (Wildman–Crippen MR) is 77.4 cm³/mol. The minimum atomic E-state index is -0.239. The Kier molecular flexibility index (Phi) is 3.22. The molecule has 3 nitrogen and oxygen atoms in total. The number of rotatable bonds is 3. The van der Waals surface area contributed by atoms with Crippen LogP contribution in [0.5, 0.6) is 0 Å². The molecule has 2 heterocycles. The molecule has 0 saturated carbocycles. The van der Waals surface area contributed by atoms with Gasteiger partial charge in [0.2, 0.25) is 0 Å². The fourth-order valence-electron chi connectivity index (χ4n) is 2.32. The van der Waals surface area contributed by atoms with Crippen LogP contribution in [0.1, 0.15) is 19.7 Å². The fraction of sp³-hybridized carbons (Fsp3) is 0.250. The topological polar surface area (TPSA) is 30.7 Å². The summed E-state index contributed by atoms with van der Waals surface area (Å²) in [4.78, 5) is 9.07. The van der Waals surface area contributed by atoms with Gasteiger partial charge in [-0.05, 0) is 42.3 Å². The van der Waals surface area contributed by atoms with Crippen LogP contribution < -0.4 is 0 Å². The van der Waals surface area contributed by atoms with E-state index in [0.717, 1.165) is 29.1 Å². The second-order valence-corrected chi connectivity index (χ2v) is 5.28. The van der Waals surface area contributed by atoms with Gasteiger partial charge >= 0.3 is 0 Å². The number of nitrogens with zero attached hydrogens (tertiary/aromatic N) is 3. The van der Waals surface area contributed by atoms with E-state index in [-0.39, 0.29) is 5.82 Å². The van der Waals surface area contributed by atoms with Crippen molar-refractivity contribution in [1.29, 1.82) is 0 Å². The monoisotopic (exact) mass is 269 g/mol. The molecular formula is C16H16FN3. The van der Waals surface area contributed by atoms with Crippen molar-refractivity contribution in [3.8, 4) is 5.69 Å². The Labute approximate surface area is 117 Å². The number of halogens is 1. The fourth-order valence-corrected chi connectivity index (χ4v) is 2.32. The Bertz CT molecular complexity index is 729. The number of pyridine rings is 1. The zero-order chi connectivity index (χ0) is 14.1. The molecule has 0 N–H and O–H groups in total. The lowest BCUT2D eigenvalue weighted by Gasteiger charge is -2.10. The maximum absolute atomic E-state index is 13.1. The quantitative estimate of drug-likeness (QED) is 0.725. The van der Waals surface area contributed by atoms with Crippen LogP contribution in [-0.2, 0) is 6.42 Å². The maximum Gasteiger partial charge on any atom is 0.164 e. The third-order valence-electron chi connectivity index (χ3n) is 3.16. The first-order chi connectivity index (χ1) is 9.65. The van der Waals surface area contributed by atoms with Crippen LogP contribution in [0.25, 0.3) is 16.9 Å². The van der Waals surface area contributed by atoms with Gasteiger partial charge in [0.05, 0.1) is 0 Å². The van der Waals surface area contributed by atoms with E-state index in [9.17, 15) is 4.39 Å². The summed E-state index contributed by atoms with van der Waals surface area (Å²) >= 11 is 0. The Morgan fingerprint density at radius 3 is 2.60 bits per heavy atom. The molecule has 0 aliphatic rings. The van der Waals surface area contributed by atoms with Crippen molar-refractivity contribution >= 4 is 11.2 Å².